The van der Waals surface area contributed by atoms with E-state index in [4.69, 9.17) is 9.05 Å². The largest absolute Gasteiger partial charge is 0.334 e. The van der Waals surface area contributed by atoms with Crippen LogP contribution in [0.25, 0.3) is 0 Å². The molecule has 0 spiro atoms. The van der Waals surface area contributed by atoms with E-state index in [9.17, 15) is 4.57 Å². The highest BCUT2D eigenvalue weighted by Crippen LogP contribution is 2.48. The summed E-state index contributed by atoms with van der Waals surface area (Å²) in [6.07, 6.45) is 6.57. The molecule has 0 aromatic carbocycles. The van der Waals surface area contributed by atoms with Crippen molar-refractivity contribution in [2.45, 2.75) is 47.5 Å². The van der Waals surface area contributed by atoms with E-state index in [2.05, 4.69) is 26.8 Å². The fourth-order valence-electron chi connectivity index (χ4n) is 1.49. The van der Waals surface area contributed by atoms with Gasteiger partial charge in [-0.3, -0.25) is 4.57 Å². The highest BCUT2D eigenvalue weighted by Gasteiger charge is 2.21. The van der Waals surface area contributed by atoms with E-state index in [-0.39, 0.29) is 0 Å². The van der Waals surface area contributed by atoms with Gasteiger partial charge < -0.3 is 9.05 Å². The highest BCUT2D eigenvalue weighted by atomic mass is 31.2. The van der Waals surface area contributed by atoms with Crippen LogP contribution in [0.1, 0.15) is 47.5 Å². The third kappa shape index (κ3) is 8.68. The van der Waals surface area contributed by atoms with Gasteiger partial charge in [0.2, 0.25) is 0 Å². The third-order valence-electron chi connectivity index (χ3n) is 2.41. The molecule has 3 nitrogen and oxygen atoms in total. The molecule has 0 fully saturated rings. The van der Waals surface area contributed by atoms with Gasteiger partial charge in [-0.05, 0) is 47.5 Å². The number of hydrogen-bond donors (Lipinski definition) is 0. The minimum absolute atomic E-state index is 0.370. The molecule has 0 amide bonds. The maximum Gasteiger partial charge on any atom is 0.334 e. The Bertz CT molecular complexity index is 318. The van der Waals surface area contributed by atoms with E-state index < -0.39 is 7.60 Å². The van der Waals surface area contributed by atoms with Gasteiger partial charge in [-0.25, -0.2) is 0 Å². The van der Waals surface area contributed by atoms with Crippen LogP contribution in [-0.2, 0) is 13.6 Å². The summed E-state index contributed by atoms with van der Waals surface area (Å²) in [7, 11) is -2.92. The topological polar surface area (TPSA) is 35.5 Å². The molecule has 0 aliphatic heterocycles. The van der Waals surface area contributed by atoms with Crippen LogP contribution in [-0.4, -0.2) is 19.4 Å². The van der Waals surface area contributed by atoms with E-state index in [1.807, 2.05) is 19.9 Å². The van der Waals surface area contributed by atoms with Gasteiger partial charge in [0.1, 0.15) is 0 Å². The lowest BCUT2D eigenvalue weighted by molar-refractivity contribution is 0.222. The lowest BCUT2D eigenvalue weighted by atomic mass is 10.1. The molecule has 0 aliphatic carbocycles. The van der Waals surface area contributed by atoms with Crippen molar-refractivity contribution in [2.75, 3.05) is 19.4 Å². The Hall–Kier alpha value is -0.370. The molecule has 0 atom stereocenters. The van der Waals surface area contributed by atoms with E-state index in [0.717, 1.165) is 12.8 Å². The van der Waals surface area contributed by atoms with Gasteiger partial charge in [0, 0.05) is 0 Å². The third-order valence-corrected chi connectivity index (χ3v) is 4.34. The molecule has 0 unspecified atom stereocenters. The van der Waals surface area contributed by atoms with Crippen molar-refractivity contribution in [3.63, 3.8) is 0 Å². The monoisotopic (exact) mass is 274 g/mol. The Morgan fingerprint density at radius 2 is 1.61 bits per heavy atom. The van der Waals surface area contributed by atoms with E-state index in [1.54, 1.807) is 0 Å². The van der Waals surface area contributed by atoms with Crippen molar-refractivity contribution in [3.8, 4) is 0 Å². The number of rotatable bonds is 9. The van der Waals surface area contributed by atoms with Gasteiger partial charge in [-0.15, -0.1) is 0 Å². The molecule has 0 heterocycles. The molecule has 0 aromatic rings. The van der Waals surface area contributed by atoms with Gasteiger partial charge in [0.15, 0.2) is 0 Å². The summed E-state index contributed by atoms with van der Waals surface area (Å²) in [5.74, 6) is 0. The molecule has 0 radical (unpaired) electrons. The molecule has 0 bridgehead atoms. The summed E-state index contributed by atoms with van der Waals surface area (Å²) in [6, 6.07) is 0. The second kappa shape index (κ2) is 9.55. The molecule has 0 aromatic heterocycles. The Morgan fingerprint density at radius 3 is 2.06 bits per heavy atom. The van der Waals surface area contributed by atoms with Crippen LogP contribution in [0.2, 0.25) is 0 Å². The Morgan fingerprint density at radius 1 is 1.06 bits per heavy atom. The summed E-state index contributed by atoms with van der Waals surface area (Å²) in [5.41, 5.74) is 2.56. The van der Waals surface area contributed by atoms with Crippen LogP contribution in [0.3, 0.4) is 0 Å². The lowest BCUT2D eigenvalue weighted by Crippen LogP contribution is -1.99. The van der Waals surface area contributed by atoms with Crippen molar-refractivity contribution in [1.29, 1.82) is 0 Å². The van der Waals surface area contributed by atoms with Crippen LogP contribution in [0.4, 0.5) is 0 Å². The highest BCUT2D eigenvalue weighted by molar-refractivity contribution is 7.54. The minimum Gasteiger partial charge on any atom is -0.309 e. The smallest absolute Gasteiger partial charge is 0.309 e. The average molecular weight is 274 g/mol. The second-order valence-corrected chi connectivity index (χ2v) is 6.60. The summed E-state index contributed by atoms with van der Waals surface area (Å²) in [5, 5.41) is 0. The van der Waals surface area contributed by atoms with Crippen molar-refractivity contribution in [1.82, 2.24) is 0 Å². The Kier molecular flexibility index (Phi) is 9.35. The first kappa shape index (κ1) is 17.6. The fourth-order valence-corrected chi connectivity index (χ4v) is 3.10. The summed E-state index contributed by atoms with van der Waals surface area (Å²) in [4.78, 5) is 0. The zero-order valence-electron chi connectivity index (χ0n) is 12.4. The molecule has 0 N–H and O–H groups in total. The zero-order valence-corrected chi connectivity index (χ0v) is 13.3. The maximum absolute atomic E-state index is 12.2. The van der Waals surface area contributed by atoms with Crippen molar-refractivity contribution < 1.29 is 13.6 Å². The number of hydrogen-bond acceptors (Lipinski definition) is 3. The first-order chi connectivity index (χ1) is 8.43. The first-order valence-electron chi connectivity index (χ1n) is 6.60. The quantitative estimate of drug-likeness (QED) is 0.441. The van der Waals surface area contributed by atoms with Crippen molar-refractivity contribution in [2.24, 2.45) is 0 Å². The van der Waals surface area contributed by atoms with Gasteiger partial charge >= 0.3 is 7.60 Å². The van der Waals surface area contributed by atoms with Crippen LogP contribution < -0.4 is 0 Å². The second-order valence-electron chi connectivity index (χ2n) is 4.50. The molecule has 106 valence electrons. The maximum atomic E-state index is 12.2. The molecular weight excluding hydrogens is 247 g/mol. The van der Waals surface area contributed by atoms with E-state index in [0.29, 0.717) is 19.4 Å². The van der Waals surface area contributed by atoms with Gasteiger partial charge in [0.05, 0.1) is 19.4 Å². The van der Waals surface area contributed by atoms with Crippen LogP contribution in [0.15, 0.2) is 23.3 Å². The SMILES string of the molecule is CCOP(=O)(C/C=C(\C)CCC=C(C)C)OCC. The average Bonchev–Trinajstić information content (AvgIpc) is 2.27. The molecule has 0 aliphatic rings. The lowest BCUT2D eigenvalue weighted by Gasteiger charge is -2.15. The predicted octanol–water partition coefficient (Wildman–Crippen LogP) is 4.95. The minimum atomic E-state index is -2.92. The van der Waals surface area contributed by atoms with Gasteiger partial charge in [-0.2, -0.15) is 0 Å². The molecule has 0 rings (SSSR count). The Balaban J connectivity index is 4.30. The van der Waals surface area contributed by atoms with Gasteiger partial charge in [0.25, 0.3) is 0 Å². The van der Waals surface area contributed by atoms with Crippen LogP contribution in [0, 0.1) is 0 Å². The molecule has 0 saturated heterocycles. The predicted molar refractivity (Wildman–Crippen MR) is 78.1 cm³/mol. The molecular formula is C14H27O3P. The van der Waals surface area contributed by atoms with E-state index >= 15 is 0 Å². The summed E-state index contributed by atoms with van der Waals surface area (Å²) in [6.45, 7) is 10.7. The van der Waals surface area contributed by atoms with Gasteiger partial charge in [-0.1, -0.05) is 23.3 Å². The standard InChI is InChI=1S/C14H27O3P/c1-6-16-18(15,17-7-2)12-11-14(5)10-8-9-13(3)4/h9,11H,6-8,10,12H2,1-5H3/b14-11+. The van der Waals surface area contributed by atoms with Crippen molar-refractivity contribution in [3.05, 3.63) is 23.3 Å². The van der Waals surface area contributed by atoms with Crippen LogP contribution in [0.5, 0.6) is 0 Å². The first-order valence-corrected chi connectivity index (χ1v) is 8.33. The summed E-state index contributed by atoms with van der Waals surface area (Å²) >= 11 is 0. The summed E-state index contributed by atoms with van der Waals surface area (Å²) < 4.78 is 22.7. The van der Waals surface area contributed by atoms with Crippen molar-refractivity contribution >= 4 is 7.60 Å². The molecule has 4 heteroatoms. The Labute approximate surface area is 112 Å². The van der Waals surface area contributed by atoms with Crippen LogP contribution >= 0.6 is 7.60 Å². The normalized spacial score (nSPS) is 12.6. The zero-order chi connectivity index (χ0) is 14.0. The molecule has 18 heavy (non-hydrogen) atoms. The molecule has 0 saturated carbocycles. The fraction of sp³-hybridized carbons (Fsp3) is 0.714. The van der Waals surface area contributed by atoms with E-state index in [1.165, 1.54) is 11.1 Å². The number of allylic oxidation sites excluding steroid dienone is 4.